The van der Waals surface area contributed by atoms with E-state index in [1.165, 1.54) is 50.9 Å². The van der Waals surface area contributed by atoms with Crippen molar-refractivity contribution >= 4 is 15.7 Å². The third-order valence-electron chi connectivity index (χ3n) is 6.39. The molecule has 1 unspecified atom stereocenters. The molecular formula is C21H34N2O2S. The van der Waals surface area contributed by atoms with Gasteiger partial charge in [0.25, 0.3) is 0 Å². The average molecular weight is 379 g/mol. The molecule has 3 atom stereocenters. The molecule has 1 aromatic carbocycles. The summed E-state index contributed by atoms with van der Waals surface area (Å²) in [6.07, 6.45) is 5.93. The van der Waals surface area contributed by atoms with Gasteiger partial charge in [0.1, 0.15) is 0 Å². The molecule has 2 fully saturated rings. The maximum Gasteiger partial charge on any atom is 0.232 e. The van der Waals surface area contributed by atoms with Gasteiger partial charge in [-0.15, -0.1) is 0 Å². The molecule has 0 aromatic heterocycles. The Morgan fingerprint density at radius 3 is 2.50 bits per heavy atom. The van der Waals surface area contributed by atoms with Gasteiger partial charge in [-0.25, -0.2) is 8.42 Å². The van der Waals surface area contributed by atoms with Crippen molar-refractivity contribution < 1.29 is 8.42 Å². The van der Waals surface area contributed by atoms with Gasteiger partial charge in [0.2, 0.25) is 10.0 Å². The zero-order valence-corrected chi connectivity index (χ0v) is 17.3. The minimum atomic E-state index is -3.23. The van der Waals surface area contributed by atoms with Gasteiger partial charge in [0, 0.05) is 24.2 Å². The Hall–Kier alpha value is -1.07. The molecule has 1 saturated heterocycles. The maximum absolute atomic E-state index is 12.0. The van der Waals surface area contributed by atoms with Gasteiger partial charge in [0.15, 0.2) is 0 Å². The predicted molar refractivity (Wildman–Crippen MR) is 109 cm³/mol. The number of hydrogen-bond acceptors (Lipinski definition) is 3. The lowest BCUT2D eigenvalue weighted by molar-refractivity contribution is 0.271. The number of unbranched alkanes of at least 4 members (excludes halogenated alkanes) is 3. The summed E-state index contributed by atoms with van der Waals surface area (Å²) in [6, 6.07) is 8.07. The monoisotopic (exact) mass is 378 g/mol. The van der Waals surface area contributed by atoms with Gasteiger partial charge in [0.05, 0.1) is 5.75 Å². The van der Waals surface area contributed by atoms with Crippen LogP contribution in [0.5, 0.6) is 0 Å². The molecule has 2 aliphatic rings. The van der Waals surface area contributed by atoms with Crippen LogP contribution in [0.4, 0.5) is 5.69 Å². The molecular weight excluding hydrogens is 344 g/mol. The quantitative estimate of drug-likeness (QED) is 0.620. The number of piperidine rings is 1. The molecule has 26 heavy (non-hydrogen) atoms. The fraction of sp³-hybridized carbons (Fsp3) is 0.714. The molecule has 1 aliphatic heterocycles. The first-order valence-electron chi connectivity index (χ1n) is 10.2. The predicted octanol–water partition coefficient (Wildman–Crippen LogP) is 4.24. The first-order chi connectivity index (χ1) is 12.4. The van der Waals surface area contributed by atoms with Gasteiger partial charge >= 0.3 is 0 Å². The second-order valence-corrected chi connectivity index (χ2v) is 10.2. The van der Waals surface area contributed by atoms with Crippen LogP contribution in [0.25, 0.3) is 0 Å². The average Bonchev–Trinajstić information content (AvgIpc) is 2.94. The van der Waals surface area contributed by atoms with Gasteiger partial charge < -0.3 is 4.90 Å². The molecule has 0 amide bonds. The van der Waals surface area contributed by atoms with Gasteiger partial charge in [-0.1, -0.05) is 52.2 Å². The highest BCUT2D eigenvalue weighted by Gasteiger charge is 2.65. The molecule has 1 aromatic rings. The van der Waals surface area contributed by atoms with Crippen LogP contribution in [0.2, 0.25) is 0 Å². The molecule has 1 heterocycles. The zero-order valence-electron chi connectivity index (χ0n) is 16.5. The van der Waals surface area contributed by atoms with Crippen molar-refractivity contribution in [1.29, 1.82) is 0 Å². The highest BCUT2D eigenvalue weighted by atomic mass is 32.2. The minimum absolute atomic E-state index is 0.173. The highest BCUT2D eigenvalue weighted by molar-refractivity contribution is 7.92. The van der Waals surface area contributed by atoms with Gasteiger partial charge in [-0.05, 0) is 48.9 Å². The first-order valence-corrected chi connectivity index (χ1v) is 11.9. The summed E-state index contributed by atoms with van der Waals surface area (Å²) < 4.78 is 26.8. The number of sulfonamides is 1. The summed E-state index contributed by atoms with van der Waals surface area (Å²) in [7, 11) is -3.23. The van der Waals surface area contributed by atoms with Crippen LogP contribution >= 0.6 is 0 Å². The van der Waals surface area contributed by atoms with E-state index in [1.807, 2.05) is 19.1 Å². The van der Waals surface area contributed by atoms with E-state index in [0.717, 1.165) is 11.8 Å². The van der Waals surface area contributed by atoms with Gasteiger partial charge in [-0.2, -0.15) is 0 Å². The largest absolute Gasteiger partial charge is 0.303 e. The van der Waals surface area contributed by atoms with E-state index >= 15 is 0 Å². The second kappa shape index (κ2) is 7.89. The number of rotatable bonds is 10. The Bertz CT molecular complexity index is 704. The highest BCUT2D eigenvalue weighted by Crippen LogP contribution is 2.63. The molecule has 0 spiro atoms. The first kappa shape index (κ1) is 19.7. The van der Waals surface area contributed by atoms with Crippen LogP contribution < -0.4 is 4.72 Å². The van der Waals surface area contributed by atoms with Crippen molar-refractivity contribution in [3.8, 4) is 0 Å². The third kappa shape index (κ3) is 4.09. The molecule has 146 valence electrons. The number of nitrogens with zero attached hydrogens (tertiary/aromatic N) is 1. The number of nitrogens with one attached hydrogen (secondary N) is 1. The van der Waals surface area contributed by atoms with Crippen molar-refractivity contribution in [3.63, 3.8) is 0 Å². The summed E-state index contributed by atoms with van der Waals surface area (Å²) in [6.45, 7) is 10.1. The van der Waals surface area contributed by atoms with Crippen LogP contribution in [0.3, 0.4) is 0 Å². The zero-order chi connectivity index (χ0) is 18.8. The third-order valence-corrected chi connectivity index (χ3v) is 7.88. The van der Waals surface area contributed by atoms with E-state index in [4.69, 9.17) is 0 Å². The molecule has 4 nitrogen and oxygen atoms in total. The molecule has 5 heteroatoms. The van der Waals surface area contributed by atoms with Gasteiger partial charge in [-0.3, -0.25) is 4.72 Å². The van der Waals surface area contributed by atoms with Crippen molar-refractivity contribution in [2.45, 2.75) is 58.3 Å². The Labute approximate surface area is 159 Å². The number of likely N-dealkylation sites (tertiary alicyclic amines) is 1. The fourth-order valence-corrected chi connectivity index (χ4v) is 5.88. The summed E-state index contributed by atoms with van der Waals surface area (Å²) >= 11 is 0. The number of anilines is 1. The summed E-state index contributed by atoms with van der Waals surface area (Å²) in [5.74, 6) is 1.61. The van der Waals surface area contributed by atoms with Crippen LogP contribution in [0.1, 0.15) is 58.4 Å². The number of fused-ring (bicyclic) bond motifs is 1. The molecule has 3 rings (SSSR count). The van der Waals surface area contributed by atoms with E-state index < -0.39 is 10.0 Å². The molecule has 0 bridgehead atoms. The van der Waals surface area contributed by atoms with Crippen molar-refractivity contribution in [1.82, 2.24) is 4.90 Å². The Morgan fingerprint density at radius 2 is 1.85 bits per heavy atom. The molecule has 1 aliphatic carbocycles. The van der Waals surface area contributed by atoms with E-state index in [9.17, 15) is 8.42 Å². The topological polar surface area (TPSA) is 49.4 Å². The van der Waals surface area contributed by atoms with Crippen molar-refractivity contribution in [3.05, 3.63) is 29.8 Å². The lowest BCUT2D eigenvalue weighted by Crippen LogP contribution is -2.30. The van der Waals surface area contributed by atoms with Crippen LogP contribution in [0, 0.1) is 11.8 Å². The maximum atomic E-state index is 12.0. The van der Waals surface area contributed by atoms with E-state index in [2.05, 4.69) is 35.6 Å². The summed E-state index contributed by atoms with van der Waals surface area (Å²) in [5.41, 5.74) is 2.21. The Balaban J connectivity index is 1.59. The van der Waals surface area contributed by atoms with E-state index in [0.29, 0.717) is 12.1 Å². The standard InChI is InChI=1S/C21H34N2O2S/c1-4-6-7-8-12-23-15-19-20(16-23)21(19,3)17-10-9-11-18(14-17)22-26(24,25)13-5-2/h9-11,14,19-20,22H,4-8,12-13,15-16H2,1-3H3/t19-,20+,21?. The number of hydrogen-bond donors (Lipinski definition) is 1. The summed E-state index contributed by atoms with van der Waals surface area (Å²) in [5, 5.41) is 0. The van der Waals surface area contributed by atoms with Crippen LogP contribution in [-0.4, -0.2) is 38.7 Å². The Morgan fingerprint density at radius 1 is 1.12 bits per heavy atom. The van der Waals surface area contributed by atoms with Crippen LogP contribution in [-0.2, 0) is 15.4 Å². The second-order valence-electron chi connectivity index (χ2n) is 8.32. The molecule has 1 saturated carbocycles. The fourth-order valence-electron chi connectivity index (χ4n) is 4.75. The summed E-state index contributed by atoms with van der Waals surface area (Å²) in [4.78, 5) is 2.63. The minimum Gasteiger partial charge on any atom is -0.303 e. The smallest absolute Gasteiger partial charge is 0.232 e. The van der Waals surface area contributed by atoms with Crippen molar-refractivity contribution in [2.75, 3.05) is 30.1 Å². The van der Waals surface area contributed by atoms with E-state index in [1.54, 1.807) is 0 Å². The van der Waals surface area contributed by atoms with Crippen LogP contribution in [0.15, 0.2) is 24.3 Å². The molecule has 0 radical (unpaired) electrons. The van der Waals surface area contributed by atoms with Crippen molar-refractivity contribution in [2.24, 2.45) is 11.8 Å². The molecule has 1 N–H and O–H groups in total. The SMILES string of the molecule is CCCCCCN1C[C@@H]2[C@H](C1)C2(C)c1cccc(NS(=O)(=O)CCC)c1. The van der Waals surface area contributed by atoms with E-state index in [-0.39, 0.29) is 11.2 Å². The normalized spacial score (nSPS) is 28.1. The Kier molecular flexibility index (Phi) is 5.97. The lowest BCUT2D eigenvalue weighted by Gasteiger charge is -2.24. The number of benzene rings is 1. The lowest BCUT2D eigenvalue weighted by atomic mass is 9.92.